The molecule has 2 saturated heterocycles. The Morgan fingerprint density at radius 1 is 1.04 bits per heavy atom. The third-order valence-electron chi connectivity index (χ3n) is 10.7. The van der Waals surface area contributed by atoms with Crippen LogP contribution in [0.25, 0.3) is 32.0 Å². The number of carboxylic acids is 1. The van der Waals surface area contributed by atoms with Gasteiger partial charge in [-0.05, 0) is 105 Å². The van der Waals surface area contributed by atoms with E-state index in [-0.39, 0.29) is 6.42 Å². The summed E-state index contributed by atoms with van der Waals surface area (Å²) in [4.78, 5) is 32.3. The SMILES string of the molecule is CC(C)(C)O.Cc1cc2nc3sc2c(c1CC(=O)O)-c1ccc2c(c1)C(CCCCC(C)CC1CN(C4COC4)CCN1c1nccc-3n1)CCO2. The van der Waals surface area contributed by atoms with Crippen LogP contribution in [0.1, 0.15) is 88.8 Å². The van der Waals surface area contributed by atoms with Gasteiger partial charge in [0.15, 0.2) is 0 Å². The van der Waals surface area contributed by atoms with E-state index in [1.165, 1.54) is 24.8 Å². The second-order valence-corrected chi connectivity index (χ2v) is 17.1. The molecule has 10 nitrogen and oxygen atoms in total. The van der Waals surface area contributed by atoms with E-state index in [0.717, 1.165) is 114 Å². The summed E-state index contributed by atoms with van der Waals surface area (Å²) in [5.41, 5.74) is 6.21. The molecule has 6 bridgehead atoms. The first-order valence-electron chi connectivity index (χ1n) is 19.0. The van der Waals surface area contributed by atoms with E-state index in [0.29, 0.717) is 23.9 Å². The monoisotopic (exact) mass is 727 g/mol. The van der Waals surface area contributed by atoms with Crippen molar-refractivity contribution < 1.29 is 24.5 Å². The lowest BCUT2D eigenvalue weighted by molar-refractivity contribution is -0.136. The van der Waals surface area contributed by atoms with Crippen molar-refractivity contribution in [2.45, 2.75) is 103 Å². The number of hydrogen-bond donors (Lipinski definition) is 2. The number of anilines is 1. The predicted molar refractivity (Wildman–Crippen MR) is 207 cm³/mol. The molecule has 2 aromatic carbocycles. The Hall–Kier alpha value is -3.64. The van der Waals surface area contributed by atoms with E-state index >= 15 is 0 Å². The molecular weight excluding hydrogens is 675 g/mol. The highest BCUT2D eigenvalue weighted by Crippen LogP contribution is 2.45. The maximum absolute atomic E-state index is 12.2. The summed E-state index contributed by atoms with van der Waals surface area (Å²) in [5, 5.41) is 19.3. The van der Waals surface area contributed by atoms with Crippen LogP contribution in [0.15, 0.2) is 36.5 Å². The van der Waals surface area contributed by atoms with Gasteiger partial charge in [-0.25, -0.2) is 15.0 Å². The number of fused-ring (bicyclic) bond motifs is 8. The van der Waals surface area contributed by atoms with Gasteiger partial charge >= 0.3 is 5.97 Å². The topological polar surface area (TPSA) is 121 Å². The summed E-state index contributed by atoms with van der Waals surface area (Å²) >= 11 is 1.60. The van der Waals surface area contributed by atoms with Crippen molar-refractivity contribution in [1.82, 2.24) is 19.9 Å². The number of thiazole rings is 1. The molecule has 0 saturated carbocycles. The molecule has 0 aliphatic carbocycles. The van der Waals surface area contributed by atoms with E-state index in [1.54, 1.807) is 32.1 Å². The van der Waals surface area contributed by atoms with Crippen LogP contribution >= 0.6 is 11.3 Å². The minimum absolute atomic E-state index is 0.0441. The molecule has 4 aromatic rings. The number of rotatable bonds is 3. The number of piperazine rings is 1. The van der Waals surface area contributed by atoms with Gasteiger partial charge in [-0.3, -0.25) is 9.69 Å². The molecule has 278 valence electrons. The highest BCUT2D eigenvalue weighted by Gasteiger charge is 2.36. The van der Waals surface area contributed by atoms with Gasteiger partial charge in [0.2, 0.25) is 5.95 Å². The van der Waals surface area contributed by atoms with Gasteiger partial charge < -0.3 is 24.6 Å². The van der Waals surface area contributed by atoms with Gasteiger partial charge in [-0.1, -0.05) is 32.3 Å². The first-order valence-corrected chi connectivity index (χ1v) is 19.8. The van der Waals surface area contributed by atoms with Crippen molar-refractivity contribution >= 4 is 33.5 Å². The van der Waals surface area contributed by atoms with Crippen molar-refractivity contribution in [2.75, 3.05) is 44.4 Å². The zero-order valence-corrected chi connectivity index (χ0v) is 32.0. The normalized spacial score (nSPS) is 22.6. The van der Waals surface area contributed by atoms with E-state index in [4.69, 9.17) is 29.5 Å². The van der Waals surface area contributed by atoms with Crippen molar-refractivity contribution in [3.05, 3.63) is 53.2 Å². The maximum atomic E-state index is 12.2. The van der Waals surface area contributed by atoms with Crippen LogP contribution in [0.4, 0.5) is 5.95 Å². The van der Waals surface area contributed by atoms with Crippen molar-refractivity contribution in [3.8, 4) is 27.6 Å². The number of aryl methyl sites for hydroxylation is 1. The van der Waals surface area contributed by atoms with Crippen LogP contribution in [0, 0.1) is 12.8 Å². The molecule has 4 aliphatic heterocycles. The number of aromatic nitrogens is 3. The summed E-state index contributed by atoms with van der Waals surface area (Å²) < 4.78 is 12.7. The lowest BCUT2D eigenvalue weighted by atomic mass is 9.84. The van der Waals surface area contributed by atoms with Crippen LogP contribution in [-0.2, 0) is 16.0 Å². The Bertz CT molecular complexity index is 1900. The fraction of sp³-hybridized carbons (Fsp3) is 0.561. The first kappa shape index (κ1) is 36.7. The van der Waals surface area contributed by atoms with Crippen molar-refractivity contribution in [3.63, 3.8) is 0 Å². The first-order chi connectivity index (χ1) is 24.9. The molecule has 2 aromatic heterocycles. The Kier molecular flexibility index (Phi) is 10.9. The second-order valence-electron chi connectivity index (χ2n) is 16.1. The molecule has 0 spiro atoms. The zero-order chi connectivity index (χ0) is 36.6. The Balaban J connectivity index is 0.000000789. The third-order valence-corrected chi connectivity index (χ3v) is 11.9. The summed E-state index contributed by atoms with van der Waals surface area (Å²) in [6.45, 7) is 14.9. The molecule has 8 rings (SSSR count). The van der Waals surface area contributed by atoms with Gasteiger partial charge in [-0.15, -0.1) is 11.3 Å². The molecular formula is C41H53N5O5S. The lowest BCUT2D eigenvalue weighted by Gasteiger charge is -2.47. The molecule has 4 aliphatic rings. The molecule has 2 N–H and O–H groups in total. The highest BCUT2D eigenvalue weighted by molar-refractivity contribution is 7.22. The number of hydrogen-bond acceptors (Lipinski definition) is 10. The van der Waals surface area contributed by atoms with Crippen LogP contribution in [0.2, 0.25) is 0 Å². The van der Waals surface area contributed by atoms with Crippen LogP contribution in [0.3, 0.4) is 0 Å². The smallest absolute Gasteiger partial charge is 0.307 e. The zero-order valence-electron chi connectivity index (χ0n) is 31.2. The van der Waals surface area contributed by atoms with E-state index in [2.05, 4.69) is 34.9 Å². The molecule has 0 amide bonds. The summed E-state index contributed by atoms with van der Waals surface area (Å²) in [6.07, 6.45) is 8.66. The quantitative estimate of drug-likeness (QED) is 0.220. The number of carbonyl (C=O) groups is 1. The van der Waals surface area contributed by atoms with Gasteiger partial charge in [0.05, 0.1) is 48.1 Å². The molecule has 3 atom stereocenters. The highest BCUT2D eigenvalue weighted by atomic mass is 32.1. The molecule has 52 heavy (non-hydrogen) atoms. The van der Waals surface area contributed by atoms with Crippen molar-refractivity contribution in [1.29, 1.82) is 0 Å². The number of ether oxygens (including phenoxy) is 2. The number of aliphatic hydroxyl groups is 1. The number of nitrogens with zero attached hydrogens (tertiary/aromatic N) is 5. The fourth-order valence-electron chi connectivity index (χ4n) is 8.13. The summed E-state index contributed by atoms with van der Waals surface area (Å²) in [5.74, 6) is 1.92. The van der Waals surface area contributed by atoms with E-state index in [9.17, 15) is 9.90 Å². The summed E-state index contributed by atoms with van der Waals surface area (Å²) in [7, 11) is 0. The molecule has 0 radical (unpaired) electrons. The van der Waals surface area contributed by atoms with E-state index in [1.807, 2.05) is 25.3 Å². The van der Waals surface area contributed by atoms with E-state index < -0.39 is 11.6 Å². The Labute approximate surface area is 311 Å². The van der Waals surface area contributed by atoms with Gasteiger partial charge in [0, 0.05) is 37.4 Å². The molecule has 2 fully saturated rings. The number of carboxylic acid groups (broad SMARTS) is 1. The average Bonchev–Trinajstić information content (AvgIpc) is 3.48. The lowest BCUT2D eigenvalue weighted by Crippen LogP contribution is -2.61. The standard InChI is InChI=1S/C37H43N5O4S.C4H10O/c1-22-5-3-4-6-24-10-14-46-32-8-7-25(17-29(24)32)34-28(18-33(43)44)23(2)16-31-35(34)47-36(39-31)30-9-11-38-37(40-30)42-13-12-41(19-26(42)15-22)27-20-45-21-27;1-4(2,3)5/h7-9,11,16-17,22,24,26-27H,3-6,10,12-15,18-21H2,1-2H3,(H,43,44);5H,1-3H3. The number of aliphatic carboxylic acids is 1. The van der Waals surface area contributed by atoms with Crippen LogP contribution < -0.4 is 9.64 Å². The predicted octanol–water partition coefficient (Wildman–Crippen LogP) is 7.49. The van der Waals surface area contributed by atoms with Crippen molar-refractivity contribution in [2.24, 2.45) is 5.92 Å². The third kappa shape index (κ3) is 8.28. The largest absolute Gasteiger partial charge is 0.493 e. The minimum atomic E-state index is -0.836. The Morgan fingerprint density at radius 3 is 2.58 bits per heavy atom. The molecule has 6 heterocycles. The average molecular weight is 728 g/mol. The summed E-state index contributed by atoms with van der Waals surface area (Å²) in [6, 6.07) is 11.3. The van der Waals surface area contributed by atoms with Crippen LogP contribution in [0.5, 0.6) is 5.75 Å². The molecule has 11 heteroatoms. The minimum Gasteiger partial charge on any atom is -0.493 e. The molecule has 3 unspecified atom stereocenters. The number of benzene rings is 2. The van der Waals surface area contributed by atoms with Gasteiger partial charge in [-0.2, -0.15) is 0 Å². The van der Waals surface area contributed by atoms with Gasteiger partial charge in [0.25, 0.3) is 0 Å². The fourth-order valence-corrected chi connectivity index (χ4v) is 9.24. The second kappa shape index (κ2) is 15.4. The maximum Gasteiger partial charge on any atom is 0.307 e. The van der Waals surface area contributed by atoms with Crippen LogP contribution in [-0.4, -0.2) is 93.2 Å². The van der Waals surface area contributed by atoms with Gasteiger partial charge in [0.1, 0.15) is 16.5 Å². The Morgan fingerprint density at radius 2 is 1.83 bits per heavy atom.